The zero-order chi connectivity index (χ0) is 18.9. The minimum absolute atomic E-state index is 0. The highest BCUT2D eigenvalue weighted by Gasteiger charge is 2.42. The number of pyridine rings is 1. The first-order chi connectivity index (χ1) is 12.3. The maximum Gasteiger partial charge on any atom is 0.340 e. The van der Waals surface area contributed by atoms with Crippen LogP contribution < -0.4 is 10.1 Å². The van der Waals surface area contributed by atoms with E-state index in [9.17, 15) is 22.4 Å². The van der Waals surface area contributed by atoms with Crippen LogP contribution in [0.4, 0.5) is 17.6 Å². The van der Waals surface area contributed by atoms with Crippen molar-refractivity contribution in [1.29, 1.82) is 0 Å². The lowest BCUT2D eigenvalue weighted by molar-refractivity contribution is -0.148. The van der Waals surface area contributed by atoms with Crippen LogP contribution in [0.2, 0.25) is 0 Å². The van der Waals surface area contributed by atoms with Crippen LogP contribution in [0.5, 0.6) is 5.88 Å². The van der Waals surface area contributed by atoms with Gasteiger partial charge in [-0.25, -0.2) is 13.8 Å². The Morgan fingerprint density at radius 1 is 1.33 bits per heavy atom. The van der Waals surface area contributed by atoms with Crippen molar-refractivity contribution in [2.45, 2.75) is 56.2 Å². The minimum Gasteiger partial charge on any atom is -0.471 e. The number of alkyl halides is 4. The molecule has 3 heterocycles. The fourth-order valence-electron chi connectivity index (χ4n) is 3.54. The molecule has 2 saturated heterocycles. The zero-order valence-corrected chi connectivity index (χ0v) is 15.5. The lowest BCUT2D eigenvalue weighted by Crippen LogP contribution is -2.48. The number of aromatic nitrogens is 1. The number of hydrogen-bond donors (Lipinski definition) is 1. The molecule has 0 aromatic carbocycles. The Morgan fingerprint density at radius 2 is 1.96 bits per heavy atom. The van der Waals surface area contributed by atoms with Crippen LogP contribution in [0, 0.1) is 0 Å². The van der Waals surface area contributed by atoms with Gasteiger partial charge in [-0.2, -0.15) is 8.78 Å². The number of halogens is 5. The molecule has 10 heteroatoms. The van der Waals surface area contributed by atoms with Crippen LogP contribution in [0.3, 0.4) is 0 Å². The van der Waals surface area contributed by atoms with Crippen molar-refractivity contribution >= 4 is 18.3 Å². The van der Waals surface area contributed by atoms with Gasteiger partial charge in [0.2, 0.25) is 5.88 Å². The molecule has 2 unspecified atom stereocenters. The smallest absolute Gasteiger partial charge is 0.340 e. The summed E-state index contributed by atoms with van der Waals surface area (Å²) in [6.45, 7) is -1.47. The Hall–Kier alpha value is -1.61. The quantitative estimate of drug-likeness (QED) is 0.731. The van der Waals surface area contributed by atoms with Crippen molar-refractivity contribution in [2.75, 3.05) is 13.7 Å². The molecule has 0 aliphatic carbocycles. The molecule has 2 bridgehead atoms. The fraction of sp³-hybridized carbons (Fsp3) is 0.647. The number of carbonyl (C=O) groups excluding carboxylic acids is 1. The van der Waals surface area contributed by atoms with Gasteiger partial charge in [0.25, 0.3) is 5.91 Å². The molecule has 5 nitrogen and oxygen atoms in total. The van der Waals surface area contributed by atoms with Crippen molar-refractivity contribution < 1.29 is 27.1 Å². The van der Waals surface area contributed by atoms with Gasteiger partial charge >= 0.3 is 12.3 Å². The zero-order valence-electron chi connectivity index (χ0n) is 14.7. The number of rotatable bonds is 6. The van der Waals surface area contributed by atoms with Crippen molar-refractivity contribution in [3.05, 3.63) is 23.9 Å². The van der Waals surface area contributed by atoms with E-state index >= 15 is 0 Å². The number of piperidine rings is 1. The summed E-state index contributed by atoms with van der Waals surface area (Å²) in [4.78, 5) is 18.1. The number of hydrogen-bond acceptors (Lipinski definition) is 4. The highest BCUT2D eigenvalue weighted by molar-refractivity contribution is 5.94. The lowest BCUT2D eigenvalue weighted by Gasteiger charge is -2.35. The Kier molecular flexibility index (Phi) is 6.91. The molecule has 2 aliphatic rings. The Labute approximate surface area is 160 Å². The molecule has 2 atom stereocenters. The first-order valence-corrected chi connectivity index (χ1v) is 8.54. The molecule has 0 saturated carbocycles. The normalized spacial score (nSPS) is 24.4. The maximum absolute atomic E-state index is 12.9. The fourth-order valence-corrected chi connectivity index (χ4v) is 3.54. The summed E-state index contributed by atoms with van der Waals surface area (Å²) in [5, 5.41) is 3.51. The van der Waals surface area contributed by atoms with Crippen molar-refractivity contribution in [1.82, 2.24) is 15.2 Å². The van der Waals surface area contributed by atoms with Crippen LogP contribution in [0.1, 0.15) is 36.0 Å². The predicted octanol–water partition coefficient (Wildman–Crippen LogP) is 3.14. The number of carbonyl (C=O) groups is 1. The highest BCUT2D eigenvalue weighted by Crippen LogP contribution is 2.30. The van der Waals surface area contributed by atoms with E-state index in [-0.39, 0.29) is 30.2 Å². The summed E-state index contributed by atoms with van der Waals surface area (Å²) in [6, 6.07) is 3.66. The van der Waals surface area contributed by atoms with Crippen molar-refractivity contribution in [2.24, 2.45) is 0 Å². The SMILES string of the molecule is CN(C(=O)c1ccc(OCC(F)(F)C(F)F)nc1)C1CC2CCC(C1)N2.Cl. The summed E-state index contributed by atoms with van der Waals surface area (Å²) in [5.41, 5.74) is 0.298. The van der Waals surface area contributed by atoms with Gasteiger partial charge in [-0.1, -0.05) is 0 Å². The van der Waals surface area contributed by atoms with Crippen molar-refractivity contribution in [3.63, 3.8) is 0 Å². The second-order valence-corrected chi connectivity index (χ2v) is 6.91. The summed E-state index contributed by atoms with van der Waals surface area (Å²) in [7, 11) is 1.74. The molecule has 2 aliphatic heterocycles. The number of amides is 1. The molecule has 1 amide bonds. The number of fused-ring (bicyclic) bond motifs is 2. The first kappa shape index (κ1) is 21.7. The van der Waals surface area contributed by atoms with E-state index in [2.05, 4.69) is 15.0 Å². The van der Waals surface area contributed by atoms with Crippen LogP contribution >= 0.6 is 12.4 Å². The second-order valence-electron chi connectivity index (χ2n) is 6.91. The van der Waals surface area contributed by atoms with E-state index in [4.69, 9.17) is 0 Å². The number of nitrogens with one attached hydrogen (secondary N) is 1. The maximum atomic E-state index is 12.9. The average Bonchev–Trinajstić information content (AvgIpc) is 2.97. The average molecular weight is 412 g/mol. The summed E-state index contributed by atoms with van der Waals surface area (Å²) < 4.78 is 54.5. The van der Waals surface area contributed by atoms with Crippen molar-refractivity contribution in [3.8, 4) is 5.88 Å². The number of ether oxygens (including phenoxy) is 1. The first-order valence-electron chi connectivity index (χ1n) is 8.54. The van der Waals surface area contributed by atoms with Crippen LogP contribution in [-0.4, -0.2) is 59.9 Å². The van der Waals surface area contributed by atoms with Gasteiger partial charge in [0.1, 0.15) is 0 Å². The predicted molar refractivity (Wildman–Crippen MR) is 93.0 cm³/mol. The van der Waals surface area contributed by atoms with Gasteiger partial charge in [-0.05, 0) is 31.7 Å². The van der Waals surface area contributed by atoms with E-state index in [1.54, 1.807) is 11.9 Å². The molecule has 1 N–H and O–H groups in total. The second kappa shape index (κ2) is 8.60. The van der Waals surface area contributed by atoms with Gasteiger partial charge < -0.3 is 15.0 Å². The third-order valence-electron chi connectivity index (χ3n) is 5.03. The van der Waals surface area contributed by atoms with E-state index in [1.165, 1.54) is 18.3 Å². The highest BCUT2D eigenvalue weighted by atomic mass is 35.5. The van der Waals surface area contributed by atoms with E-state index in [1.807, 2.05) is 0 Å². The summed E-state index contributed by atoms with van der Waals surface area (Å²) >= 11 is 0. The molecule has 2 fully saturated rings. The van der Waals surface area contributed by atoms with Gasteiger partial charge in [0.15, 0.2) is 6.61 Å². The van der Waals surface area contributed by atoms with Gasteiger partial charge in [-0.3, -0.25) is 4.79 Å². The summed E-state index contributed by atoms with van der Waals surface area (Å²) in [6.07, 6.45) is 1.45. The molecule has 0 radical (unpaired) electrons. The standard InChI is InChI=1S/C17H21F4N3O2.ClH/c1-24(13-6-11-3-4-12(7-13)23-11)15(25)10-2-5-14(22-8-10)26-9-17(20,21)16(18)19;/h2,5,8,11-13,16,23H,3-4,6-7,9H2,1H3;1H. The van der Waals surface area contributed by atoms with E-state index in [0.717, 1.165) is 25.7 Å². The topological polar surface area (TPSA) is 54.5 Å². The molecule has 3 rings (SSSR count). The minimum atomic E-state index is -4.25. The largest absolute Gasteiger partial charge is 0.471 e. The third-order valence-corrected chi connectivity index (χ3v) is 5.03. The molecular formula is C17H22ClF4N3O2. The Balaban J connectivity index is 0.00000261. The monoisotopic (exact) mass is 411 g/mol. The molecule has 27 heavy (non-hydrogen) atoms. The van der Waals surface area contributed by atoms with E-state index in [0.29, 0.717) is 17.6 Å². The molecule has 152 valence electrons. The molecule has 1 aromatic rings. The Morgan fingerprint density at radius 3 is 2.48 bits per heavy atom. The van der Waals surface area contributed by atoms with Gasteiger partial charge in [-0.15, -0.1) is 12.4 Å². The Bertz CT molecular complexity index is 636. The van der Waals surface area contributed by atoms with Crippen LogP contribution in [0.25, 0.3) is 0 Å². The van der Waals surface area contributed by atoms with Gasteiger partial charge in [0, 0.05) is 37.4 Å². The third kappa shape index (κ3) is 5.01. The molecule has 0 spiro atoms. The van der Waals surface area contributed by atoms with Gasteiger partial charge in [0.05, 0.1) is 5.56 Å². The van der Waals surface area contributed by atoms with Crippen LogP contribution in [0.15, 0.2) is 18.3 Å². The molecular weight excluding hydrogens is 390 g/mol. The molecule has 1 aromatic heterocycles. The van der Waals surface area contributed by atoms with Crippen LogP contribution in [-0.2, 0) is 0 Å². The van der Waals surface area contributed by atoms with E-state index < -0.39 is 19.0 Å². The lowest BCUT2D eigenvalue weighted by atomic mass is 9.98. The number of nitrogens with zero attached hydrogens (tertiary/aromatic N) is 2. The summed E-state index contributed by atoms with van der Waals surface area (Å²) in [5.74, 6) is -4.69.